The number of nitrogens with zero attached hydrogens (tertiary/aromatic N) is 4. The molecule has 6 aromatic rings. The Hall–Kier alpha value is -5.49. The van der Waals surface area contributed by atoms with Crippen LogP contribution in [0.5, 0.6) is 11.5 Å². The molecule has 0 unspecified atom stereocenters. The minimum Gasteiger partial charge on any atom is -0.871 e. The third-order valence-corrected chi connectivity index (χ3v) is 9.78. The van der Waals surface area contributed by atoms with E-state index in [-0.39, 0.29) is 172 Å². The number of rotatable bonds is 14. The molecule has 6 aromatic carbocycles. The number of allylic oxidation sites excluding steroid dienone is 2. The van der Waals surface area contributed by atoms with Crippen molar-refractivity contribution in [2.75, 3.05) is 10.6 Å². The average molecular weight is 1090 g/mol. The van der Waals surface area contributed by atoms with Gasteiger partial charge in [-0.05, 0) is 74.5 Å². The molecule has 0 aliphatic heterocycles. The number of hydrogen-bond acceptors (Lipinski definition) is 14. The summed E-state index contributed by atoms with van der Waals surface area (Å²) in [6.45, 7) is 2.45. The molecule has 0 bridgehead atoms. The molecule has 6 N–H and O–H groups in total. The van der Waals surface area contributed by atoms with Crippen molar-refractivity contribution in [2.24, 2.45) is 20.5 Å². The number of carboxylic acids is 2. The number of halogens is 2. The number of hydrogen-bond donors (Lipinski definition) is 6. The van der Waals surface area contributed by atoms with Gasteiger partial charge in [-0.2, -0.15) is 10.2 Å². The minimum absolute atomic E-state index is 0. The first-order valence-corrected chi connectivity index (χ1v) is 20.2. The Bertz CT molecular complexity index is 2920. The molecule has 2 amide bonds. The SMILES string of the molecule is CC(O)=C(N=Nc1ccc(C(=O)c2ccccc2C(=O)O)cc1[O-])C(=O)Nc1ccccc1Cl.CC(O)=C(N=Nc1ccc(C(=O)c2ccccc2C(=O)O)cc1[O-])C(=O)Nc1ccccc1Cl.[Co].[Na+].[Na+].[Na+]. The first-order chi connectivity index (χ1) is 32.4. The molecule has 0 aromatic heterocycles. The summed E-state index contributed by atoms with van der Waals surface area (Å²) in [7, 11) is 0. The van der Waals surface area contributed by atoms with Gasteiger partial charge in [0.1, 0.15) is 11.5 Å². The van der Waals surface area contributed by atoms with Gasteiger partial charge in [-0.25, -0.2) is 9.59 Å². The number of benzene rings is 6. The zero-order chi connectivity index (χ0) is 49.7. The minimum atomic E-state index is -1.27. The van der Waals surface area contributed by atoms with Crippen LogP contribution in [0.2, 0.25) is 10.0 Å². The normalized spacial score (nSPS) is 11.1. The first-order valence-electron chi connectivity index (χ1n) is 19.5. The maximum atomic E-state index is 12.7. The quantitative estimate of drug-likeness (QED) is 0.0289. The molecular weight excluding hydrogens is 1050 g/mol. The molecule has 0 aliphatic carbocycles. The van der Waals surface area contributed by atoms with Gasteiger partial charge in [-0.15, -0.1) is 10.2 Å². The zero-order valence-electron chi connectivity index (χ0n) is 38.6. The summed E-state index contributed by atoms with van der Waals surface area (Å²) in [5, 5.41) is 83.5. The van der Waals surface area contributed by atoms with Gasteiger partial charge >= 0.3 is 101 Å². The third-order valence-electron chi connectivity index (χ3n) is 9.12. The summed E-state index contributed by atoms with van der Waals surface area (Å²) in [4.78, 5) is 73.1. The predicted octanol–water partition coefficient (Wildman–Crippen LogP) is 0.719. The van der Waals surface area contributed by atoms with Gasteiger partial charge in [-0.1, -0.05) is 107 Å². The van der Waals surface area contributed by atoms with Gasteiger partial charge in [0.25, 0.3) is 11.8 Å². The molecule has 0 saturated heterocycles. The van der Waals surface area contributed by atoms with Crippen LogP contribution in [0, 0.1) is 0 Å². The van der Waals surface area contributed by atoms with Crippen molar-refractivity contribution >= 4 is 81.3 Å². The summed E-state index contributed by atoms with van der Waals surface area (Å²) in [5.41, 5.74) is -1.32. The first kappa shape index (κ1) is 64.5. The van der Waals surface area contributed by atoms with Crippen LogP contribution in [0.15, 0.2) is 177 Å². The Labute approximate surface area is 497 Å². The van der Waals surface area contributed by atoms with E-state index < -0.39 is 69.7 Å². The van der Waals surface area contributed by atoms with E-state index >= 15 is 0 Å². The maximum absolute atomic E-state index is 12.7. The number of carbonyl (C=O) groups excluding carboxylic acids is 4. The molecule has 6 rings (SSSR count). The molecule has 0 aliphatic rings. The standard InChI is InChI=1S/2C24H18ClN3O6.Co.3Na/c2*1-13(29)21(23(32)26-18-9-5-4-8-17(18)25)28-27-19-11-10-14(12-20(19)30)22(31)15-6-2-3-7-16(15)24(33)34;;;;/h2*2-12,29-30H,1H3,(H,26,32)(H,33,34);;;;/q;;;3*+1/p-2. The van der Waals surface area contributed by atoms with E-state index in [4.69, 9.17) is 23.2 Å². The molecule has 0 spiro atoms. The maximum Gasteiger partial charge on any atom is 1.00 e. The zero-order valence-corrected chi connectivity index (χ0v) is 47.2. The summed E-state index contributed by atoms with van der Waals surface area (Å²) in [5.74, 6) is -7.73. The van der Waals surface area contributed by atoms with Gasteiger partial charge in [0, 0.05) is 39.0 Å². The monoisotopic (exact) mass is 1080 g/mol. The molecule has 72 heavy (non-hydrogen) atoms. The number of aliphatic hydroxyl groups is 2. The number of azo groups is 2. The number of nitrogens with one attached hydrogen (secondary N) is 2. The van der Waals surface area contributed by atoms with Crippen LogP contribution < -0.4 is 110 Å². The number of para-hydroxylation sites is 2. The van der Waals surface area contributed by atoms with Gasteiger partial charge in [-0.3, -0.25) is 19.2 Å². The Morgan fingerprint density at radius 3 is 1.07 bits per heavy atom. The van der Waals surface area contributed by atoms with E-state index in [1.165, 1.54) is 86.6 Å². The number of carbonyl (C=O) groups is 6. The van der Waals surface area contributed by atoms with E-state index in [0.717, 1.165) is 12.1 Å². The van der Waals surface area contributed by atoms with Crippen LogP contribution in [0.1, 0.15) is 66.4 Å². The van der Waals surface area contributed by atoms with Gasteiger partial charge in [0.05, 0.1) is 43.9 Å². The Kier molecular flexibility index (Phi) is 27.3. The van der Waals surface area contributed by atoms with Crippen molar-refractivity contribution in [3.63, 3.8) is 0 Å². The van der Waals surface area contributed by atoms with E-state index in [2.05, 4.69) is 31.1 Å². The van der Waals surface area contributed by atoms with Crippen molar-refractivity contribution in [3.8, 4) is 11.5 Å². The molecule has 0 fully saturated rings. The smallest absolute Gasteiger partial charge is 0.871 e. The largest absolute Gasteiger partial charge is 1.00 e. The van der Waals surface area contributed by atoms with Crippen molar-refractivity contribution in [1.82, 2.24) is 0 Å². The Morgan fingerprint density at radius 2 is 0.778 bits per heavy atom. The average Bonchev–Trinajstić information content (AvgIpc) is 3.31. The number of aliphatic hydroxyl groups excluding tert-OH is 2. The molecule has 0 heterocycles. The van der Waals surface area contributed by atoms with Crippen molar-refractivity contribution in [3.05, 3.63) is 200 Å². The van der Waals surface area contributed by atoms with Crippen molar-refractivity contribution in [1.29, 1.82) is 0 Å². The molecule has 0 saturated carbocycles. The third kappa shape index (κ3) is 17.3. The number of aromatic carboxylic acids is 2. The summed E-state index contributed by atoms with van der Waals surface area (Å²) < 4.78 is 0. The number of amides is 2. The number of carboxylic acid groups (broad SMARTS) is 2. The molecule has 1 radical (unpaired) electrons. The second-order valence-electron chi connectivity index (χ2n) is 13.9. The van der Waals surface area contributed by atoms with Crippen molar-refractivity contribution < 1.29 is 165 Å². The molecule has 0 atom stereocenters. The Balaban J connectivity index is 0.000000682. The fraction of sp³-hybridized carbons (Fsp3) is 0.0417. The summed E-state index contributed by atoms with van der Waals surface area (Å²) >= 11 is 12.0. The fourth-order valence-electron chi connectivity index (χ4n) is 5.78. The van der Waals surface area contributed by atoms with Crippen LogP contribution in [-0.2, 0) is 26.4 Å². The number of anilines is 2. The van der Waals surface area contributed by atoms with Gasteiger partial charge in [0.15, 0.2) is 23.0 Å². The summed E-state index contributed by atoms with van der Waals surface area (Å²) in [6, 6.07) is 31.1. The van der Waals surface area contributed by atoms with Crippen LogP contribution in [0.4, 0.5) is 22.7 Å². The fourth-order valence-corrected chi connectivity index (χ4v) is 6.15. The molecule has 24 heteroatoms. The van der Waals surface area contributed by atoms with Crippen LogP contribution in [0.25, 0.3) is 0 Å². The van der Waals surface area contributed by atoms with Crippen LogP contribution in [0.3, 0.4) is 0 Å². The van der Waals surface area contributed by atoms with Crippen LogP contribution >= 0.6 is 23.2 Å². The van der Waals surface area contributed by atoms with Crippen molar-refractivity contribution in [2.45, 2.75) is 13.8 Å². The molecule has 353 valence electrons. The second kappa shape index (κ2) is 30.5. The second-order valence-corrected chi connectivity index (χ2v) is 14.7. The van der Waals surface area contributed by atoms with Gasteiger partial charge < -0.3 is 41.3 Å². The van der Waals surface area contributed by atoms with E-state index in [1.54, 1.807) is 48.5 Å². The van der Waals surface area contributed by atoms with E-state index in [9.17, 15) is 59.4 Å². The number of ketones is 2. The van der Waals surface area contributed by atoms with Crippen LogP contribution in [-0.4, -0.2) is 55.7 Å². The topological polar surface area (TPSA) is 303 Å². The van der Waals surface area contributed by atoms with Gasteiger partial charge in [0.2, 0.25) is 0 Å². The Morgan fingerprint density at radius 1 is 0.472 bits per heavy atom. The van der Waals surface area contributed by atoms with E-state index in [1.807, 2.05) is 0 Å². The van der Waals surface area contributed by atoms with E-state index in [0.29, 0.717) is 0 Å². The molecular formula is C48H34Cl2CoN6Na3O12+. The molecule has 18 nitrogen and oxygen atoms in total. The summed E-state index contributed by atoms with van der Waals surface area (Å²) in [6.07, 6.45) is 0. The predicted molar refractivity (Wildman–Crippen MR) is 245 cm³/mol.